The minimum atomic E-state index is 0.103. The molecule has 2 aromatic rings. The monoisotopic (exact) mass is 295 g/mol. The van der Waals surface area contributed by atoms with Crippen LogP contribution in [0.2, 0.25) is 0 Å². The quantitative estimate of drug-likeness (QED) is 0.920. The summed E-state index contributed by atoms with van der Waals surface area (Å²) in [5.74, 6) is 1.31. The number of carbonyl (C=O) groups is 1. The Morgan fingerprint density at radius 1 is 1.23 bits per heavy atom. The number of hydrogen-bond donors (Lipinski definition) is 1. The lowest BCUT2D eigenvalue weighted by molar-refractivity contribution is -0.121. The molecule has 1 amide bonds. The summed E-state index contributed by atoms with van der Waals surface area (Å²) in [6.45, 7) is 3.36. The van der Waals surface area contributed by atoms with Crippen LogP contribution in [0.3, 0.4) is 0 Å². The summed E-state index contributed by atoms with van der Waals surface area (Å²) in [5, 5.41) is 3.03. The number of fused-ring (bicyclic) bond motifs is 1. The Morgan fingerprint density at radius 3 is 2.95 bits per heavy atom. The van der Waals surface area contributed by atoms with Crippen molar-refractivity contribution in [1.82, 2.24) is 5.32 Å². The van der Waals surface area contributed by atoms with Crippen LogP contribution in [0.4, 0.5) is 0 Å². The van der Waals surface area contributed by atoms with E-state index in [2.05, 4.69) is 36.5 Å². The number of aryl methyl sites for hydroxylation is 2. The lowest BCUT2D eigenvalue weighted by atomic mass is 10.0. The summed E-state index contributed by atoms with van der Waals surface area (Å²) in [6.07, 6.45) is 1.31. The molecule has 1 aliphatic heterocycles. The van der Waals surface area contributed by atoms with Crippen molar-refractivity contribution >= 4 is 5.91 Å². The number of hydrogen-bond acceptors (Lipinski definition) is 2. The second kappa shape index (κ2) is 6.65. The Balaban J connectivity index is 1.47. The summed E-state index contributed by atoms with van der Waals surface area (Å²) in [6, 6.07) is 16.4. The average molecular weight is 295 g/mol. The standard InChI is InChI=1S/C19H21NO2/c1-14-5-4-6-15(11-14)9-10-19(21)20-12-16-13-22-18-8-3-2-7-17(16)18/h2-8,11,16H,9-10,12-13H2,1H3,(H,20,21). The van der Waals surface area contributed by atoms with Gasteiger partial charge in [-0.05, 0) is 25.0 Å². The molecule has 0 fully saturated rings. The number of carbonyl (C=O) groups excluding carboxylic acids is 1. The van der Waals surface area contributed by atoms with Gasteiger partial charge in [-0.15, -0.1) is 0 Å². The zero-order chi connectivity index (χ0) is 15.4. The smallest absolute Gasteiger partial charge is 0.220 e. The number of benzene rings is 2. The molecule has 0 bridgehead atoms. The normalized spacial score (nSPS) is 16.0. The van der Waals surface area contributed by atoms with Gasteiger partial charge in [0, 0.05) is 24.4 Å². The first-order valence-corrected chi connectivity index (χ1v) is 7.76. The van der Waals surface area contributed by atoms with Gasteiger partial charge in [-0.25, -0.2) is 0 Å². The molecule has 0 saturated heterocycles. The molecule has 3 heteroatoms. The van der Waals surface area contributed by atoms with Crippen LogP contribution in [0.15, 0.2) is 48.5 Å². The Labute approximate surface area is 131 Å². The maximum absolute atomic E-state index is 12.0. The summed E-state index contributed by atoms with van der Waals surface area (Å²) >= 11 is 0. The molecule has 114 valence electrons. The largest absolute Gasteiger partial charge is 0.493 e. The molecule has 1 N–H and O–H groups in total. The third-order valence-corrected chi connectivity index (χ3v) is 4.07. The van der Waals surface area contributed by atoms with Crippen LogP contribution in [0.25, 0.3) is 0 Å². The highest BCUT2D eigenvalue weighted by Gasteiger charge is 2.23. The fraction of sp³-hybridized carbons (Fsp3) is 0.316. The molecule has 22 heavy (non-hydrogen) atoms. The van der Waals surface area contributed by atoms with E-state index in [0.29, 0.717) is 19.6 Å². The van der Waals surface area contributed by atoms with Gasteiger partial charge in [0.25, 0.3) is 0 Å². The van der Waals surface area contributed by atoms with Crippen LogP contribution in [0.5, 0.6) is 5.75 Å². The van der Waals surface area contributed by atoms with E-state index in [-0.39, 0.29) is 11.8 Å². The van der Waals surface area contributed by atoms with Crippen LogP contribution in [0, 0.1) is 6.92 Å². The molecular weight excluding hydrogens is 274 g/mol. The van der Waals surface area contributed by atoms with Gasteiger partial charge in [-0.2, -0.15) is 0 Å². The molecule has 0 saturated carbocycles. The Hall–Kier alpha value is -2.29. The van der Waals surface area contributed by atoms with E-state index in [9.17, 15) is 4.79 Å². The van der Waals surface area contributed by atoms with Gasteiger partial charge in [-0.3, -0.25) is 4.79 Å². The first-order valence-electron chi connectivity index (χ1n) is 7.76. The Bertz CT molecular complexity index is 666. The van der Waals surface area contributed by atoms with Crippen molar-refractivity contribution < 1.29 is 9.53 Å². The van der Waals surface area contributed by atoms with Gasteiger partial charge in [0.2, 0.25) is 5.91 Å². The fourth-order valence-corrected chi connectivity index (χ4v) is 2.85. The van der Waals surface area contributed by atoms with E-state index in [1.54, 1.807) is 0 Å². The molecule has 2 aromatic carbocycles. The number of para-hydroxylation sites is 1. The Morgan fingerprint density at radius 2 is 2.09 bits per heavy atom. The predicted octanol–water partition coefficient (Wildman–Crippen LogP) is 3.22. The van der Waals surface area contributed by atoms with E-state index in [4.69, 9.17) is 4.74 Å². The predicted molar refractivity (Wildman–Crippen MR) is 87.2 cm³/mol. The summed E-state index contributed by atoms with van der Waals surface area (Å²) < 4.78 is 5.63. The van der Waals surface area contributed by atoms with Gasteiger partial charge in [0.1, 0.15) is 5.75 Å². The topological polar surface area (TPSA) is 38.3 Å². The lowest BCUT2D eigenvalue weighted by Crippen LogP contribution is -2.29. The SMILES string of the molecule is Cc1cccc(CCC(=O)NCC2COc3ccccc32)c1. The van der Waals surface area contributed by atoms with E-state index < -0.39 is 0 Å². The third kappa shape index (κ3) is 3.48. The molecule has 0 radical (unpaired) electrons. The van der Waals surface area contributed by atoms with E-state index in [1.165, 1.54) is 16.7 Å². The maximum Gasteiger partial charge on any atom is 0.220 e. The van der Waals surface area contributed by atoms with Crippen molar-refractivity contribution in [3.05, 3.63) is 65.2 Å². The maximum atomic E-state index is 12.0. The average Bonchev–Trinajstić information content (AvgIpc) is 2.94. The highest BCUT2D eigenvalue weighted by molar-refractivity contribution is 5.76. The molecule has 3 nitrogen and oxygen atoms in total. The van der Waals surface area contributed by atoms with Crippen molar-refractivity contribution in [1.29, 1.82) is 0 Å². The van der Waals surface area contributed by atoms with Crippen LogP contribution in [-0.2, 0) is 11.2 Å². The second-order valence-electron chi connectivity index (χ2n) is 5.84. The van der Waals surface area contributed by atoms with Crippen LogP contribution < -0.4 is 10.1 Å². The summed E-state index contributed by atoms with van der Waals surface area (Å²) in [7, 11) is 0. The van der Waals surface area contributed by atoms with Crippen LogP contribution >= 0.6 is 0 Å². The van der Waals surface area contributed by atoms with Gasteiger partial charge in [0.05, 0.1) is 6.61 Å². The van der Waals surface area contributed by atoms with E-state index >= 15 is 0 Å². The van der Waals surface area contributed by atoms with Gasteiger partial charge < -0.3 is 10.1 Å². The molecule has 3 rings (SSSR count). The molecule has 1 heterocycles. The van der Waals surface area contributed by atoms with Gasteiger partial charge in [-0.1, -0.05) is 48.0 Å². The fourth-order valence-electron chi connectivity index (χ4n) is 2.85. The lowest BCUT2D eigenvalue weighted by Gasteiger charge is -2.10. The minimum absolute atomic E-state index is 0.103. The molecule has 1 unspecified atom stereocenters. The second-order valence-corrected chi connectivity index (χ2v) is 5.84. The van der Waals surface area contributed by atoms with Crippen molar-refractivity contribution in [2.45, 2.75) is 25.7 Å². The molecule has 0 aliphatic carbocycles. The first-order chi connectivity index (χ1) is 10.7. The highest BCUT2D eigenvalue weighted by Crippen LogP contribution is 2.32. The molecular formula is C19H21NO2. The summed E-state index contributed by atoms with van der Waals surface area (Å²) in [5.41, 5.74) is 3.64. The number of nitrogens with one attached hydrogen (secondary N) is 1. The third-order valence-electron chi connectivity index (χ3n) is 4.07. The van der Waals surface area contributed by atoms with E-state index in [1.807, 2.05) is 24.3 Å². The van der Waals surface area contributed by atoms with E-state index in [0.717, 1.165) is 12.2 Å². The van der Waals surface area contributed by atoms with Crippen molar-refractivity contribution in [3.8, 4) is 5.75 Å². The van der Waals surface area contributed by atoms with Crippen LogP contribution in [-0.4, -0.2) is 19.1 Å². The molecule has 0 spiro atoms. The van der Waals surface area contributed by atoms with Gasteiger partial charge >= 0.3 is 0 Å². The van der Waals surface area contributed by atoms with Crippen LogP contribution in [0.1, 0.15) is 29.0 Å². The number of amides is 1. The molecule has 1 atom stereocenters. The molecule has 0 aromatic heterocycles. The minimum Gasteiger partial charge on any atom is -0.493 e. The Kier molecular flexibility index (Phi) is 4.42. The van der Waals surface area contributed by atoms with Crippen molar-refractivity contribution in [2.75, 3.05) is 13.2 Å². The van der Waals surface area contributed by atoms with Gasteiger partial charge in [0.15, 0.2) is 0 Å². The van der Waals surface area contributed by atoms with Crippen molar-refractivity contribution in [2.24, 2.45) is 0 Å². The number of rotatable bonds is 5. The number of ether oxygens (including phenoxy) is 1. The zero-order valence-corrected chi connectivity index (χ0v) is 12.8. The summed E-state index contributed by atoms with van der Waals surface area (Å²) in [4.78, 5) is 12.0. The first kappa shape index (κ1) is 14.6. The van der Waals surface area contributed by atoms with Crippen molar-refractivity contribution in [3.63, 3.8) is 0 Å². The highest BCUT2D eigenvalue weighted by atomic mass is 16.5. The molecule has 1 aliphatic rings. The zero-order valence-electron chi connectivity index (χ0n) is 12.8.